The molecular formula is C11H6O4. The van der Waals surface area contributed by atoms with E-state index in [0.29, 0.717) is 29.1 Å². The Labute approximate surface area is 84.1 Å². The Hall–Kier alpha value is -2.23. The molecule has 0 aliphatic carbocycles. The lowest BCUT2D eigenvalue weighted by atomic mass is 10.1. The van der Waals surface area contributed by atoms with Crippen LogP contribution in [0, 0.1) is 0 Å². The zero-order valence-corrected chi connectivity index (χ0v) is 7.60. The maximum absolute atomic E-state index is 11.2. The fourth-order valence-corrected chi connectivity index (χ4v) is 1.30. The molecule has 0 fully saturated rings. The molecule has 0 amide bonds. The summed E-state index contributed by atoms with van der Waals surface area (Å²) in [6.07, 6.45) is 1.10. The Kier molecular flexibility index (Phi) is 2.17. The van der Waals surface area contributed by atoms with Crippen molar-refractivity contribution in [3.8, 4) is 0 Å². The molecule has 0 N–H and O–H groups in total. The third-order valence-corrected chi connectivity index (χ3v) is 2.05. The summed E-state index contributed by atoms with van der Waals surface area (Å²) >= 11 is 0. The van der Waals surface area contributed by atoms with Crippen LogP contribution in [-0.2, 0) is 0 Å². The molecule has 0 atom stereocenters. The Morgan fingerprint density at radius 1 is 1.07 bits per heavy atom. The summed E-state index contributed by atoms with van der Waals surface area (Å²) in [5.74, 6) is 0. The van der Waals surface area contributed by atoms with E-state index >= 15 is 0 Å². The lowest BCUT2D eigenvalue weighted by molar-refractivity contribution is 0.111. The second kappa shape index (κ2) is 3.49. The van der Waals surface area contributed by atoms with Crippen LogP contribution in [0.5, 0.6) is 0 Å². The molecule has 0 spiro atoms. The highest BCUT2D eigenvalue weighted by molar-refractivity contribution is 5.88. The van der Waals surface area contributed by atoms with Gasteiger partial charge in [0.15, 0.2) is 6.29 Å². The number of benzene rings is 1. The van der Waals surface area contributed by atoms with Gasteiger partial charge < -0.3 is 4.42 Å². The second-order valence-corrected chi connectivity index (χ2v) is 3.02. The van der Waals surface area contributed by atoms with Crippen LogP contribution in [0.2, 0.25) is 0 Å². The maximum atomic E-state index is 11.2. The van der Waals surface area contributed by atoms with Gasteiger partial charge >= 0.3 is 5.63 Å². The first-order chi connectivity index (χ1) is 7.24. The highest BCUT2D eigenvalue weighted by Crippen LogP contribution is 2.14. The highest BCUT2D eigenvalue weighted by atomic mass is 16.4. The smallest absolute Gasteiger partial charge is 0.346 e. The normalized spacial score (nSPS) is 10.1. The van der Waals surface area contributed by atoms with Crippen molar-refractivity contribution in [2.45, 2.75) is 0 Å². The molecule has 4 nitrogen and oxygen atoms in total. The zero-order valence-electron chi connectivity index (χ0n) is 7.60. The van der Waals surface area contributed by atoms with Crippen molar-refractivity contribution in [1.29, 1.82) is 0 Å². The van der Waals surface area contributed by atoms with Crippen LogP contribution in [0.25, 0.3) is 11.0 Å². The number of carbonyl (C=O) groups excluding carboxylic acids is 2. The Morgan fingerprint density at radius 2 is 1.87 bits per heavy atom. The Morgan fingerprint density at radius 3 is 2.53 bits per heavy atom. The first-order valence-corrected chi connectivity index (χ1v) is 4.23. The molecule has 0 radical (unpaired) electrons. The van der Waals surface area contributed by atoms with Crippen molar-refractivity contribution in [3.63, 3.8) is 0 Å². The van der Waals surface area contributed by atoms with Crippen LogP contribution < -0.4 is 5.63 Å². The maximum Gasteiger partial charge on any atom is 0.346 e. The average Bonchev–Trinajstić information content (AvgIpc) is 2.27. The van der Waals surface area contributed by atoms with E-state index in [1.54, 1.807) is 12.1 Å². The van der Waals surface area contributed by atoms with Gasteiger partial charge in [-0.1, -0.05) is 12.1 Å². The lowest BCUT2D eigenvalue weighted by Gasteiger charge is -1.97. The fourth-order valence-electron chi connectivity index (χ4n) is 1.30. The van der Waals surface area contributed by atoms with Crippen molar-refractivity contribution in [2.75, 3.05) is 0 Å². The van der Waals surface area contributed by atoms with E-state index in [1.165, 1.54) is 12.1 Å². The van der Waals surface area contributed by atoms with Gasteiger partial charge in [-0.15, -0.1) is 0 Å². The molecule has 15 heavy (non-hydrogen) atoms. The first kappa shape index (κ1) is 9.33. The molecule has 0 bridgehead atoms. The Bertz CT molecular complexity index is 595. The van der Waals surface area contributed by atoms with Crippen molar-refractivity contribution in [1.82, 2.24) is 0 Å². The van der Waals surface area contributed by atoms with Crippen molar-refractivity contribution < 1.29 is 14.0 Å². The van der Waals surface area contributed by atoms with E-state index in [2.05, 4.69) is 0 Å². The molecule has 2 rings (SSSR count). The number of hydrogen-bond acceptors (Lipinski definition) is 4. The van der Waals surface area contributed by atoms with Crippen LogP contribution >= 0.6 is 0 Å². The summed E-state index contributed by atoms with van der Waals surface area (Å²) in [6.45, 7) is 0. The third-order valence-electron chi connectivity index (χ3n) is 2.05. The Balaban J connectivity index is 2.81. The largest absolute Gasteiger partial charge is 0.422 e. The highest BCUT2D eigenvalue weighted by Gasteiger charge is 2.04. The first-order valence-electron chi connectivity index (χ1n) is 4.23. The minimum atomic E-state index is -0.694. The average molecular weight is 202 g/mol. The minimum absolute atomic E-state index is 0.0265. The molecule has 0 unspecified atom stereocenters. The second-order valence-electron chi connectivity index (χ2n) is 3.02. The van der Waals surface area contributed by atoms with Gasteiger partial charge in [0, 0.05) is 10.9 Å². The number of carbonyl (C=O) groups is 2. The standard InChI is InChI=1S/C11H6O4/c12-5-7-1-2-8-4-9(6-13)11(14)15-10(8)3-7/h1-6H. The van der Waals surface area contributed by atoms with Crippen LogP contribution in [0.3, 0.4) is 0 Å². The number of hydrogen-bond donors (Lipinski definition) is 0. The van der Waals surface area contributed by atoms with E-state index in [0.717, 1.165) is 0 Å². The number of aldehydes is 2. The molecule has 0 aliphatic heterocycles. The van der Waals surface area contributed by atoms with E-state index in [9.17, 15) is 14.4 Å². The number of rotatable bonds is 2. The van der Waals surface area contributed by atoms with Gasteiger partial charge in [-0.3, -0.25) is 9.59 Å². The molecule has 2 aromatic rings. The SMILES string of the molecule is O=Cc1ccc2cc(C=O)c(=O)oc2c1. The molecule has 74 valence electrons. The minimum Gasteiger partial charge on any atom is -0.422 e. The van der Waals surface area contributed by atoms with Crippen LogP contribution in [0.15, 0.2) is 33.5 Å². The van der Waals surface area contributed by atoms with Crippen LogP contribution in [0.1, 0.15) is 20.7 Å². The summed E-state index contributed by atoms with van der Waals surface area (Å²) in [4.78, 5) is 32.1. The quantitative estimate of drug-likeness (QED) is 0.545. The van der Waals surface area contributed by atoms with Crippen molar-refractivity contribution >= 4 is 23.5 Å². The molecule has 1 heterocycles. The van der Waals surface area contributed by atoms with Gasteiger partial charge in [0.2, 0.25) is 0 Å². The zero-order chi connectivity index (χ0) is 10.8. The molecule has 1 aromatic carbocycles. The van der Waals surface area contributed by atoms with Crippen LogP contribution in [-0.4, -0.2) is 12.6 Å². The fraction of sp³-hybridized carbons (Fsp3) is 0. The molecule has 0 saturated carbocycles. The molecular weight excluding hydrogens is 196 g/mol. The van der Waals surface area contributed by atoms with Crippen molar-refractivity contribution in [3.05, 3.63) is 45.8 Å². The van der Waals surface area contributed by atoms with Gasteiger partial charge in [-0.2, -0.15) is 0 Å². The van der Waals surface area contributed by atoms with Gasteiger partial charge in [0.05, 0.1) is 0 Å². The monoisotopic (exact) mass is 202 g/mol. The predicted molar refractivity (Wildman–Crippen MR) is 53.3 cm³/mol. The van der Waals surface area contributed by atoms with E-state index < -0.39 is 5.63 Å². The van der Waals surface area contributed by atoms with E-state index in [1.807, 2.05) is 0 Å². The lowest BCUT2D eigenvalue weighted by Crippen LogP contribution is -2.05. The molecule has 4 heteroatoms. The third kappa shape index (κ3) is 1.57. The number of fused-ring (bicyclic) bond motifs is 1. The molecule has 0 saturated heterocycles. The summed E-state index contributed by atoms with van der Waals surface area (Å²) in [7, 11) is 0. The summed E-state index contributed by atoms with van der Waals surface area (Å²) in [5, 5.41) is 0.613. The predicted octanol–water partition coefficient (Wildman–Crippen LogP) is 1.42. The van der Waals surface area contributed by atoms with Gasteiger partial charge in [-0.25, -0.2) is 4.79 Å². The summed E-state index contributed by atoms with van der Waals surface area (Å²) in [6, 6.07) is 6.10. The summed E-state index contributed by atoms with van der Waals surface area (Å²) < 4.78 is 4.88. The van der Waals surface area contributed by atoms with Gasteiger partial charge in [-0.05, 0) is 12.1 Å². The van der Waals surface area contributed by atoms with Gasteiger partial charge in [0.1, 0.15) is 17.4 Å². The molecule has 0 aliphatic rings. The van der Waals surface area contributed by atoms with E-state index in [4.69, 9.17) is 4.42 Å². The topological polar surface area (TPSA) is 64.3 Å². The van der Waals surface area contributed by atoms with E-state index in [-0.39, 0.29) is 5.56 Å². The van der Waals surface area contributed by atoms with Crippen molar-refractivity contribution in [2.24, 2.45) is 0 Å². The van der Waals surface area contributed by atoms with Gasteiger partial charge in [0.25, 0.3) is 0 Å². The molecule has 1 aromatic heterocycles. The van der Waals surface area contributed by atoms with Crippen LogP contribution in [0.4, 0.5) is 0 Å². The summed E-state index contributed by atoms with van der Waals surface area (Å²) in [5.41, 5.74) is 0.00149.